The monoisotopic (exact) mass is 412 g/mol. The SMILES string of the molecule is O=C(NCc1ccco1)c1cccc(CSc2nnc(CN3CCCC3=O)o2)c1. The van der Waals surface area contributed by atoms with E-state index < -0.39 is 0 Å². The molecule has 3 aromatic rings. The molecule has 1 fully saturated rings. The van der Waals surface area contributed by atoms with E-state index in [0.717, 1.165) is 18.5 Å². The van der Waals surface area contributed by atoms with Gasteiger partial charge in [-0.3, -0.25) is 9.59 Å². The summed E-state index contributed by atoms with van der Waals surface area (Å²) in [6.07, 6.45) is 3.03. The molecule has 8 nitrogen and oxygen atoms in total. The summed E-state index contributed by atoms with van der Waals surface area (Å²) in [5.41, 5.74) is 1.54. The van der Waals surface area contributed by atoms with Crippen LogP contribution in [-0.4, -0.2) is 33.5 Å². The predicted octanol–water partition coefficient (Wildman–Crippen LogP) is 3.01. The second-order valence-corrected chi connectivity index (χ2v) is 7.56. The van der Waals surface area contributed by atoms with Gasteiger partial charge in [0.1, 0.15) is 5.76 Å². The van der Waals surface area contributed by atoms with Crippen molar-refractivity contribution < 1.29 is 18.4 Å². The summed E-state index contributed by atoms with van der Waals surface area (Å²) in [7, 11) is 0. The Morgan fingerprint density at radius 1 is 1.24 bits per heavy atom. The molecule has 0 saturated carbocycles. The first-order chi connectivity index (χ1) is 14.2. The van der Waals surface area contributed by atoms with Gasteiger partial charge in [0.05, 0.1) is 19.4 Å². The largest absolute Gasteiger partial charge is 0.467 e. The number of rotatable bonds is 8. The third kappa shape index (κ3) is 5.05. The number of carbonyl (C=O) groups excluding carboxylic acids is 2. The predicted molar refractivity (Wildman–Crippen MR) is 105 cm³/mol. The summed E-state index contributed by atoms with van der Waals surface area (Å²) in [5, 5.41) is 11.3. The number of furan rings is 1. The highest BCUT2D eigenvalue weighted by Crippen LogP contribution is 2.23. The highest BCUT2D eigenvalue weighted by molar-refractivity contribution is 7.98. The zero-order valence-electron chi connectivity index (χ0n) is 15.7. The first-order valence-electron chi connectivity index (χ1n) is 9.30. The van der Waals surface area contributed by atoms with E-state index in [0.29, 0.717) is 47.7 Å². The fraction of sp³-hybridized carbons (Fsp3) is 0.300. The lowest BCUT2D eigenvalue weighted by atomic mass is 10.1. The molecule has 0 spiro atoms. The molecular weight excluding hydrogens is 392 g/mol. The molecule has 0 atom stereocenters. The van der Waals surface area contributed by atoms with Gasteiger partial charge in [0.2, 0.25) is 11.8 Å². The molecule has 1 aliphatic rings. The van der Waals surface area contributed by atoms with Crippen LogP contribution in [0.15, 0.2) is 56.7 Å². The standard InChI is InChI=1S/C20H20N4O4S/c25-18-7-2-8-24(18)12-17-22-23-20(28-17)29-13-14-4-1-5-15(10-14)19(26)21-11-16-6-3-9-27-16/h1,3-6,9-10H,2,7-8,11-13H2,(H,21,26). The van der Waals surface area contributed by atoms with Crippen LogP contribution >= 0.6 is 11.8 Å². The number of hydrogen-bond donors (Lipinski definition) is 1. The maximum absolute atomic E-state index is 12.3. The Bertz CT molecular complexity index is 986. The van der Waals surface area contributed by atoms with Crippen LogP contribution in [0.4, 0.5) is 0 Å². The van der Waals surface area contributed by atoms with E-state index in [2.05, 4.69) is 15.5 Å². The summed E-state index contributed by atoms with van der Waals surface area (Å²) >= 11 is 1.39. The number of hydrogen-bond acceptors (Lipinski definition) is 7. The molecule has 0 radical (unpaired) electrons. The maximum atomic E-state index is 12.3. The van der Waals surface area contributed by atoms with Crippen molar-refractivity contribution in [2.24, 2.45) is 0 Å². The fourth-order valence-electron chi connectivity index (χ4n) is 3.02. The molecule has 9 heteroatoms. The minimum absolute atomic E-state index is 0.125. The smallest absolute Gasteiger partial charge is 0.276 e. The van der Waals surface area contributed by atoms with Crippen LogP contribution in [-0.2, 0) is 23.6 Å². The van der Waals surface area contributed by atoms with Crippen molar-refractivity contribution in [1.82, 2.24) is 20.4 Å². The van der Waals surface area contributed by atoms with Gasteiger partial charge >= 0.3 is 0 Å². The molecule has 2 amide bonds. The lowest BCUT2D eigenvalue weighted by molar-refractivity contribution is -0.128. The molecule has 150 valence electrons. The van der Waals surface area contributed by atoms with Crippen LogP contribution in [0.3, 0.4) is 0 Å². The van der Waals surface area contributed by atoms with E-state index in [4.69, 9.17) is 8.83 Å². The van der Waals surface area contributed by atoms with Crippen molar-refractivity contribution in [3.8, 4) is 0 Å². The van der Waals surface area contributed by atoms with Gasteiger partial charge in [0.25, 0.3) is 11.1 Å². The lowest BCUT2D eigenvalue weighted by Gasteiger charge is -2.11. The van der Waals surface area contributed by atoms with Crippen LogP contribution in [0, 0.1) is 0 Å². The first-order valence-corrected chi connectivity index (χ1v) is 10.3. The zero-order valence-corrected chi connectivity index (χ0v) is 16.5. The minimum atomic E-state index is -0.163. The molecule has 0 aliphatic carbocycles. The van der Waals surface area contributed by atoms with E-state index in [1.165, 1.54) is 11.8 Å². The van der Waals surface area contributed by atoms with Crippen LogP contribution in [0.2, 0.25) is 0 Å². The molecule has 1 N–H and O–H groups in total. The Labute approximate surface area is 171 Å². The summed E-state index contributed by atoms with van der Waals surface area (Å²) in [4.78, 5) is 25.7. The lowest BCUT2D eigenvalue weighted by Crippen LogP contribution is -2.23. The van der Waals surface area contributed by atoms with Crippen molar-refractivity contribution >= 4 is 23.6 Å². The van der Waals surface area contributed by atoms with Crippen LogP contribution in [0.1, 0.15) is 40.4 Å². The topological polar surface area (TPSA) is 101 Å². The van der Waals surface area contributed by atoms with Crippen molar-refractivity contribution in [3.63, 3.8) is 0 Å². The number of thioether (sulfide) groups is 1. The molecule has 1 saturated heterocycles. The fourth-order valence-corrected chi connectivity index (χ4v) is 3.75. The minimum Gasteiger partial charge on any atom is -0.467 e. The molecule has 0 bridgehead atoms. The van der Waals surface area contributed by atoms with Gasteiger partial charge in [-0.15, -0.1) is 10.2 Å². The average Bonchev–Trinajstić information content (AvgIpc) is 3.49. The Hall–Kier alpha value is -3.07. The second kappa shape index (κ2) is 8.95. The Morgan fingerprint density at radius 3 is 2.97 bits per heavy atom. The highest BCUT2D eigenvalue weighted by atomic mass is 32.2. The summed E-state index contributed by atoms with van der Waals surface area (Å²) < 4.78 is 10.8. The van der Waals surface area contributed by atoms with Crippen molar-refractivity contribution in [3.05, 3.63) is 65.4 Å². The molecule has 2 aromatic heterocycles. The number of carbonyl (C=O) groups is 2. The molecule has 0 unspecified atom stereocenters. The molecule has 3 heterocycles. The zero-order chi connectivity index (χ0) is 20.1. The van der Waals surface area contributed by atoms with Gasteiger partial charge in [0, 0.05) is 24.3 Å². The van der Waals surface area contributed by atoms with E-state index in [-0.39, 0.29) is 11.8 Å². The number of likely N-dealkylation sites (tertiary alicyclic amines) is 1. The van der Waals surface area contributed by atoms with Gasteiger partial charge in [-0.25, -0.2) is 0 Å². The number of amides is 2. The van der Waals surface area contributed by atoms with Gasteiger partial charge in [-0.1, -0.05) is 23.9 Å². The van der Waals surface area contributed by atoms with E-state index >= 15 is 0 Å². The number of nitrogens with zero attached hydrogens (tertiary/aromatic N) is 3. The van der Waals surface area contributed by atoms with Gasteiger partial charge in [-0.2, -0.15) is 0 Å². The number of benzene rings is 1. The normalized spacial score (nSPS) is 13.8. The van der Waals surface area contributed by atoms with Crippen LogP contribution < -0.4 is 5.32 Å². The Morgan fingerprint density at radius 2 is 2.17 bits per heavy atom. The van der Waals surface area contributed by atoms with E-state index in [1.54, 1.807) is 23.3 Å². The van der Waals surface area contributed by atoms with E-state index in [1.807, 2.05) is 24.3 Å². The Kier molecular flexibility index (Phi) is 5.95. The molecule has 1 aliphatic heterocycles. The number of nitrogens with one attached hydrogen (secondary N) is 1. The van der Waals surface area contributed by atoms with Crippen molar-refractivity contribution in [2.45, 2.75) is 36.9 Å². The van der Waals surface area contributed by atoms with Gasteiger partial charge in [0.15, 0.2) is 0 Å². The quantitative estimate of drug-likeness (QED) is 0.568. The first kappa shape index (κ1) is 19.3. The second-order valence-electron chi connectivity index (χ2n) is 6.63. The van der Waals surface area contributed by atoms with Crippen molar-refractivity contribution in [1.29, 1.82) is 0 Å². The van der Waals surface area contributed by atoms with Gasteiger partial charge < -0.3 is 19.1 Å². The average molecular weight is 412 g/mol. The maximum Gasteiger partial charge on any atom is 0.276 e. The third-order valence-electron chi connectivity index (χ3n) is 4.50. The molecule has 4 rings (SSSR count). The summed E-state index contributed by atoms with van der Waals surface area (Å²) in [6, 6.07) is 11.0. The summed E-state index contributed by atoms with van der Waals surface area (Å²) in [6.45, 7) is 1.44. The molecule has 1 aromatic carbocycles. The number of aromatic nitrogens is 2. The van der Waals surface area contributed by atoms with E-state index in [9.17, 15) is 9.59 Å². The highest BCUT2D eigenvalue weighted by Gasteiger charge is 2.22. The van der Waals surface area contributed by atoms with Gasteiger partial charge in [-0.05, 0) is 36.2 Å². The van der Waals surface area contributed by atoms with Crippen molar-refractivity contribution in [2.75, 3.05) is 6.54 Å². The van der Waals surface area contributed by atoms with Crippen LogP contribution in [0.25, 0.3) is 0 Å². The molecular formula is C20H20N4O4S. The van der Waals surface area contributed by atoms with Crippen LogP contribution in [0.5, 0.6) is 0 Å². The summed E-state index contributed by atoms with van der Waals surface area (Å²) in [5.74, 6) is 1.69. The third-order valence-corrected chi connectivity index (χ3v) is 5.39. The Balaban J connectivity index is 1.30. The molecule has 29 heavy (non-hydrogen) atoms.